The molecule has 0 atom stereocenters. The number of hydrogen-bond acceptors (Lipinski definition) is 4. The van der Waals surface area contributed by atoms with Crippen LogP contribution in [0.1, 0.15) is 0 Å². The Morgan fingerprint density at radius 2 is 2.07 bits per heavy atom. The van der Waals surface area contributed by atoms with Gasteiger partial charge in [-0.3, -0.25) is 0 Å². The summed E-state index contributed by atoms with van der Waals surface area (Å²) in [6, 6.07) is 3.31. The van der Waals surface area contributed by atoms with Crippen molar-refractivity contribution in [2.24, 2.45) is 0 Å². The number of carbonyl (C=O) groups is 1. The first kappa shape index (κ1) is 10.1. The van der Waals surface area contributed by atoms with Crippen LogP contribution in [0.15, 0.2) is 23.1 Å². The summed E-state index contributed by atoms with van der Waals surface area (Å²) in [5, 5.41) is 2.37. The number of fused-ring (bicyclic) bond motifs is 1. The molecule has 6 nitrogen and oxygen atoms in total. The lowest BCUT2D eigenvalue weighted by atomic mass is 10.3. The Bertz CT molecular complexity index is 528. The van der Waals surface area contributed by atoms with Gasteiger partial charge in [0, 0.05) is 10.7 Å². The number of amides is 2. The Balaban J connectivity index is 2.50. The molecule has 1 aromatic carbocycles. The zero-order chi connectivity index (χ0) is 11.1. The first-order valence-electron chi connectivity index (χ1n) is 3.79. The van der Waals surface area contributed by atoms with Crippen molar-refractivity contribution in [3.63, 3.8) is 0 Å². The van der Waals surface area contributed by atoms with Crippen molar-refractivity contribution in [3.05, 3.63) is 18.2 Å². The van der Waals surface area contributed by atoms with Gasteiger partial charge in [-0.1, -0.05) is 0 Å². The molecule has 0 aromatic heterocycles. The number of rotatable bonds is 1. The number of hydrogen-bond donors (Lipinski definition) is 2. The van der Waals surface area contributed by atoms with E-state index < -0.39 is 15.1 Å². The zero-order valence-electron chi connectivity index (χ0n) is 7.15. The lowest BCUT2D eigenvalue weighted by Crippen LogP contribution is -2.35. The van der Waals surface area contributed by atoms with E-state index in [-0.39, 0.29) is 10.6 Å². The molecular formula is C7H5ClN2O4S. The molecule has 0 aliphatic carbocycles. The highest BCUT2D eigenvalue weighted by Gasteiger charge is 2.19. The molecule has 8 heteroatoms. The van der Waals surface area contributed by atoms with Crippen LogP contribution in [0.5, 0.6) is 5.75 Å². The minimum absolute atomic E-state index is 0.103. The van der Waals surface area contributed by atoms with Crippen molar-refractivity contribution >= 4 is 31.5 Å². The van der Waals surface area contributed by atoms with Gasteiger partial charge in [-0.05, 0) is 18.2 Å². The van der Waals surface area contributed by atoms with Crippen LogP contribution in [0.25, 0.3) is 0 Å². The molecule has 1 heterocycles. The highest BCUT2D eigenvalue weighted by molar-refractivity contribution is 8.13. The number of hydroxylamine groups is 1. The molecule has 1 aliphatic rings. The number of urea groups is 1. The minimum Gasteiger partial charge on any atom is -0.376 e. The Morgan fingerprint density at radius 1 is 1.33 bits per heavy atom. The summed E-state index contributed by atoms with van der Waals surface area (Å²) in [5.41, 5.74) is 2.31. The SMILES string of the molecule is O=C1NOc2ccc(S(=O)(=O)Cl)cc2N1. The van der Waals surface area contributed by atoms with Gasteiger partial charge in [-0.15, -0.1) is 0 Å². The summed E-state index contributed by atoms with van der Waals surface area (Å²) >= 11 is 0. The third-order valence-electron chi connectivity index (χ3n) is 1.73. The van der Waals surface area contributed by atoms with E-state index in [0.29, 0.717) is 5.75 Å². The predicted molar refractivity (Wildman–Crippen MR) is 52.3 cm³/mol. The molecule has 1 aromatic rings. The molecule has 0 radical (unpaired) electrons. The highest BCUT2D eigenvalue weighted by atomic mass is 35.7. The average Bonchev–Trinajstić information content (AvgIpc) is 2.15. The van der Waals surface area contributed by atoms with Crippen LogP contribution in [-0.4, -0.2) is 14.4 Å². The number of carbonyl (C=O) groups excluding carboxylic acids is 1. The van der Waals surface area contributed by atoms with Crippen LogP contribution >= 0.6 is 10.7 Å². The fourth-order valence-electron chi connectivity index (χ4n) is 1.10. The molecule has 2 rings (SSSR count). The quantitative estimate of drug-likeness (QED) is 0.728. The Morgan fingerprint density at radius 3 is 2.73 bits per heavy atom. The van der Waals surface area contributed by atoms with E-state index in [0.717, 1.165) is 0 Å². The fraction of sp³-hybridized carbons (Fsp3) is 0. The maximum Gasteiger partial charge on any atom is 0.352 e. The normalized spacial score (nSPS) is 14.6. The molecule has 0 bridgehead atoms. The zero-order valence-corrected chi connectivity index (χ0v) is 8.72. The fourth-order valence-corrected chi connectivity index (χ4v) is 1.87. The van der Waals surface area contributed by atoms with Gasteiger partial charge in [0.25, 0.3) is 9.05 Å². The maximum absolute atomic E-state index is 11.0. The van der Waals surface area contributed by atoms with Gasteiger partial charge in [0.2, 0.25) is 0 Å². The molecule has 0 fully saturated rings. The number of anilines is 1. The molecule has 80 valence electrons. The van der Waals surface area contributed by atoms with E-state index in [1.807, 2.05) is 0 Å². The van der Waals surface area contributed by atoms with E-state index in [2.05, 4.69) is 10.8 Å². The van der Waals surface area contributed by atoms with E-state index in [9.17, 15) is 13.2 Å². The van der Waals surface area contributed by atoms with Crippen LogP contribution in [0, 0.1) is 0 Å². The second-order valence-electron chi connectivity index (χ2n) is 2.75. The van der Waals surface area contributed by atoms with Crippen molar-refractivity contribution in [1.29, 1.82) is 0 Å². The van der Waals surface area contributed by atoms with Crippen LogP contribution in [0.3, 0.4) is 0 Å². The largest absolute Gasteiger partial charge is 0.376 e. The number of halogens is 1. The molecule has 0 saturated carbocycles. The van der Waals surface area contributed by atoms with Crippen LogP contribution in [-0.2, 0) is 9.05 Å². The Labute approximate surface area is 89.6 Å². The molecule has 0 saturated heterocycles. The first-order valence-corrected chi connectivity index (χ1v) is 6.10. The third-order valence-corrected chi connectivity index (χ3v) is 3.09. The van der Waals surface area contributed by atoms with Crippen molar-refractivity contribution in [2.75, 3.05) is 5.32 Å². The lowest BCUT2D eigenvalue weighted by molar-refractivity contribution is 0.183. The molecule has 1 aliphatic heterocycles. The first-order chi connectivity index (χ1) is 6.97. The summed E-state index contributed by atoms with van der Waals surface area (Å²) < 4.78 is 22.0. The number of benzene rings is 1. The van der Waals surface area contributed by atoms with Gasteiger partial charge < -0.3 is 10.2 Å². The molecule has 0 unspecified atom stereocenters. The van der Waals surface area contributed by atoms with Gasteiger partial charge in [0.15, 0.2) is 5.75 Å². The standard InChI is InChI=1S/C7H5ClN2O4S/c8-15(12,13)4-1-2-6-5(3-4)9-7(11)10-14-6/h1-3H,(H2,9,10,11). The predicted octanol–water partition coefficient (Wildman–Crippen LogP) is 1.04. The van der Waals surface area contributed by atoms with Gasteiger partial charge in [0.1, 0.15) is 0 Å². The van der Waals surface area contributed by atoms with Gasteiger partial charge in [-0.2, -0.15) is 5.48 Å². The molecule has 0 spiro atoms. The summed E-state index contributed by atoms with van der Waals surface area (Å²) in [7, 11) is 1.33. The van der Waals surface area contributed by atoms with Gasteiger partial charge in [0.05, 0.1) is 10.6 Å². The molecule has 2 N–H and O–H groups in total. The van der Waals surface area contributed by atoms with E-state index in [1.165, 1.54) is 18.2 Å². The van der Waals surface area contributed by atoms with Crippen LogP contribution in [0.4, 0.5) is 10.5 Å². The van der Waals surface area contributed by atoms with Crippen LogP contribution in [0.2, 0.25) is 0 Å². The monoisotopic (exact) mass is 248 g/mol. The van der Waals surface area contributed by atoms with Crippen molar-refractivity contribution in [2.45, 2.75) is 4.90 Å². The summed E-state index contributed by atoms with van der Waals surface area (Å²) in [6.07, 6.45) is 0. The van der Waals surface area contributed by atoms with E-state index in [4.69, 9.17) is 15.5 Å². The molecule has 2 amide bonds. The number of nitrogens with one attached hydrogen (secondary N) is 2. The van der Waals surface area contributed by atoms with Crippen molar-refractivity contribution in [3.8, 4) is 5.75 Å². The third kappa shape index (κ3) is 1.97. The van der Waals surface area contributed by atoms with E-state index >= 15 is 0 Å². The maximum atomic E-state index is 11.0. The second-order valence-corrected chi connectivity index (χ2v) is 5.32. The minimum atomic E-state index is -3.81. The highest BCUT2D eigenvalue weighted by Crippen LogP contribution is 2.30. The van der Waals surface area contributed by atoms with E-state index in [1.54, 1.807) is 0 Å². The average molecular weight is 249 g/mol. The summed E-state index contributed by atoms with van der Waals surface area (Å²) in [6.45, 7) is 0. The van der Waals surface area contributed by atoms with Gasteiger partial charge >= 0.3 is 6.03 Å². The topological polar surface area (TPSA) is 84.5 Å². The van der Waals surface area contributed by atoms with Crippen molar-refractivity contribution in [1.82, 2.24) is 5.48 Å². The molecular weight excluding hydrogens is 244 g/mol. The second kappa shape index (κ2) is 3.28. The van der Waals surface area contributed by atoms with Crippen LogP contribution < -0.4 is 15.6 Å². The smallest absolute Gasteiger partial charge is 0.352 e. The van der Waals surface area contributed by atoms with Crippen molar-refractivity contribution < 1.29 is 18.0 Å². The summed E-state index contributed by atoms with van der Waals surface area (Å²) in [5.74, 6) is 0.318. The molecule has 15 heavy (non-hydrogen) atoms. The Kier molecular flexibility index (Phi) is 2.20. The lowest BCUT2D eigenvalue weighted by Gasteiger charge is -2.18. The summed E-state index contributed by atoms with van der Waals surface area (Å²) in [4.78, 5) is 15.6. The van der Waals surface area contributed by atoms with Gasteiger partial charge in [-0.25, -0.2) is 13.2 Å². The Hall–Kier alpha value is -1.47.